The van der Waals surface area contributed by atoms with Crippen LogP contribution in [0.5, 0.6) is 5.75 Å². The van der Waals surface area contributed by atoms with Crippen molar-refractivity contribution in [1.82, 2.24) is 10.7 Å². The summed E-state index contributed by atoms with van der Waals surface area (Å²) in [6, 6.07) is 5.20. The minimum atomic E-state index is -0.639. The summed E-state index contributed by atoms with van der Waals surface area (Å²) in [6.45, 7) is -0.360. The van der Waals surface area contributed by atoms with E-state index in [2.05, 4.69) is 31.8 Å². The van der Waals surface area contributed by atoms with Gasteiger partial charge in [0, 0.05) is 17.7 Å². The number of aromatic hydroxyl groups is 1. The van der Waals surface area contributed by atoms with Crippen LogP contribution in [0.1, 0.15) is 16.1 Å². The Labute approximate surface area is 148 Å². The fraction of sp³-hybridized carbons (Fsp3) is 0.0714. The second-order valence-corrected chi connectivity index (χ2v) is 5.43. The first-order valence-corrected chi connectivity index (χ1v) is 7.48. The zero-order valence-corrected chi connectivity index (χ0v) is 14.0. The lowest BCUT2D eigenvalue weighted by Crippen LogP contribution is -2.34. The van der Waals surface area contributed by atoms with Crippen molar-refractivity contribution < 1.29 is 24.0 Å². The van der Waals surface area contributed by atoms with Crippen molar-refractivity contribution >= 4 is 39.6 Å². The predicted molar refractivity (Wildman–Crippen MR) is 89.2 cm³/mol. The van der Waals surface area contributed by atoms with Crippen LogP contribution < -0.4 is 10.7 Å². The van der Waals surface area contributed by atoms with E-state index in [1.807, 2.05) is 0 Å². The Morgan fingerprint density at radius 1 is 1.44 bits per heavy atom. The monoisotopic (exact) mass is 410 g/mol. The number of furan rings is 1. The quantitative estimate of drug-likeness (QED) is 0.373. The van der Waals surface area contributed by atoms with Crippen LogP contribution in [0.4, 0.5) is 5.69 Å². The van der Waals surface area contributed by atoms with Gasteiger partial charge in [0.15, 0.2) is 5.76 Å². The number of phenolic OH excluding ortho intramolecular Hbond substituents is 1. The minimum absolute atomic E-state index is 0.0287. The smallest absolute Gasteiger partial charge is 0.287 e. The first-order valence-electron chi connectivity index (χ1n) is 6.69. The molecular formula is C14H11BrN4O6. The maximum atomic E-state index is 11.6. The highest BCUT2D eigenvalue weighted by Crippen LogP contribution is 2.31. The molecule has 0 saturated carbocycles. The van der Waals surface area contributed by atoms with Crippen LogP contribution in [0, 0.1) is 10.1 Å². The maximum Gasteiger partial charge on any atom is 0.287 e. The molecule has 3 N–H and O–H groups in total. The van der Waals surface area contributed by atoms with E-state index in [4.69, 9.17) is 4.42 Å². The fourth-order valence-corrected chi connectivity index (χ4v) is 2.14. The molecule has 0 aliphatic carbocycles. The van der Waals surface area contributed by atoms with Crippen LogP contribution in [-0.2, 0) is 4.79 Å². The highest BCUT2D eigenvalue weighted by molar-refractivity contribution is 9.10. The molecule has 0 spiro atoms. The number of halogens is 1. The highest BCUT2D eigenvalue weighted by atomic mass is 79.9. The molecule has 2 rings (SSSR count). The predicted octanol–water partition coefficient (Wildman–Crippen LogP) is 1.54. The van der Waals surface area contributed by atoms with Crippen LogP contribution in [0.25, 0.3) is 0 Å². The molecule has 0 radical (unpaired) electrons. The standard InChI is InChI=1S/C14H11BrN4O6/c15-10-5-9(19(23)24)4-8(13(10)21)6-17-18-12(20)7-16-14(22)11-2-1-3-25-11/h1-6,21H,7H2,(H,16,22)(H,18,20)/b17-6+. The highest BCUT2D eigenvalue weighted by Gasteiger charge is 2.14. The van der Waals surface area contributed by atoms with E-state index in [-0.39, 0.29) is 33.8 Å². The van der Waals surface area contributed by atoms with Crippen molar-refractivity contribution in [3.8, 4) is 5.75 Å². The summed E-state index contributed by atoms with van der Waals surface area (Å²) < 4.78 is 4.97. The molecule has 0 bridgehead atoms. The number of amides is 2. The molecule has 1 aromatic carbocycles. The van der Waals surface area contributed by atoms with Crippen LogP contribution in [0.3, 0.4) is 0 Å². The number of phenols is 1. The molecular weight excluding hydrogens is 400 g/mol. The van der Waals surface area contributed by atoms with Crippen LogP contribution >= 0.6 is 15.9 Å². The van der Waals surface area contributed by atoms with Gasteiger partial charge in [0.2, 0.25) is 0 Å². The number of nitrogens with one attached hydrogen (secondary N) is 2. The van der Waals surface area contributed by atoms with Gasteiger partial charge in [-0.2, -0.15) is 5.10 Å². The molecule has 10 nitrogen and oxygen atoms in total. The van der Waals surface area contributed by atoms with Crippen LogP contribution in [-0.4, -0.2) is 34.6 Å². The maximum absolute atomic E-state index is 11.6. The summed E-state index contributed by atoms with van der Waals surface area (Å²) >= 11 is 2.99. The lowest BCUT2D eigenvalue weighted by molar-refractivity contribution is -0.385. The van der Waals surface area contributed by atoms with Gasteiger partial charge in [0.05, 0.1) is 28.4 Å². The normalized spacial score (nSPS) is 10.6. The summed E-state index contributed by atoms with van der Waals surface area (Å²) in [5, 5.41) is 26.5. The number of carbonyl (C=O) groups excluding carboxylic acids is 2. The molecule has 1 aromatic heterocycles. The Hall–Kier alpha value is -3.21. The van der Waals surface area contributed by atoms with E-state index in [1.54, 1.807) is 0 Å². The summed E-state index contributed by atoms with van der Waals surface area (Å²) in [5.41, 5.74) is 1.88. The van der Waals surface area contributed by atoms with E-state index in [9.17, 15) is 24.8 Å². The van der Waals surface area contributed by atoms with E-state index in [1.165, 1.54) is 18.4 Å². The molecule has 2 amide bonds. The Morgan fingerprint density at radius 3 is 2.84 bits per heavy atom. The molecule has 0 aliphatic heterocycles. The second kappa shape index (κ2) is 8.06. The number of nitro groups is 1. The molecule has 0 saturated heterocycles. The van der Waals surface area contributed by atoms with E-state index in [0.29, 0.717) is 0 Å². The Kier molecular flexibility index (Phi) is 5.84. The molecule has 1 heterocycles. The third-order valence-corrected chi connectivity index (χ3v) is 3.44. The number of hydrazone groups is 1. The molecule has 25 heavy (non-hydrogen) atoms. The van der Waals surface area contributed by atoms with Gasteiger partial charge in [-0.05, 0) is 28.1 Å². The van der Waals surface area contributed by atoms with Gasteiger partial charge in [0.25, 0.3) is 17.5 Å². The molecule has 0 unspecified atom stereocenters. The Morgan fingerprint density at radius 2 is 2.20 bits per heavy atom. The van der Waals surface area contributed by atoms with E-state index in [0.717, 1.165) is 18.3 Å². The molecule has 0 atom stereocenters. The summed E-state index contributed by atoms with van der Waals surface area (Å²) in [7, 11) is 0. The number of rotatable bonds is 6. The third kappa shape index (κ3) is 4.88. The lowest BCUT2D eigenvalue weighted by atomic mass is 10.2. The summed E-state index contributed by atoms with van der Waals surface area (Å²) in [4.78, 5) is 33.3. The first-order chi connectivity index (χ1) is 11.9. The number of hydrogen-bond acceptors (Lipinski definition) is 7. The molecule has 11 heteroatoms. The zero-order valence-electron chi connectivity index (χ0n) is 12.4. The largest absolute Gasteiger partial charge is 0.506 e. The van der Waals surface area contributed by atoms with Gasteiger partial charge in [-0.3, -0.25) is 19.7 Å². The fourth-order valence-electron chi connectivity index (χ4n) is 1.68. The van der Waals surface area contributed by atoms with Crippen LogP contribution in [0.15, 0.2) is 44.5 Å². The van der Waals surface area contributed by atoms with E-state index < -0.39 is 16.7 Å². The van der Waals surface area contributed by atoms with Crippen LogP contribution in [0.2, 0.25) is 0 Å². The molecule has 0 fully saturated rings. The number of hydrogen-bond donors (Lipinski definition) is 3. The number of carbonyl (C=O) groups is 2. The van der Waals surface area contributed by atoms with Crippen molar-refractivity contribution in [1.29, 1.82) is 0 Å². The van der Waals surface area contributed by atoms with Gasteiger partial charge >= 0.3 is 0 Å². The summed E-state index contributed by atoms with van der Waals surface area (Å²) in [6.07, 6.45) is 2.36. The molecule has 0 aliphatic rings. The van der Waals surface area contributed by atoms with Gasteiger partial charge in [-0.25, -0.2) is 5.43 Å². The lowest BCUT2D eigenvalue weighted by Gasteiger charge is -2.03. The molecule has 130 valence electrons. The van der Waals surface area contributed by atoms with Gasteiger partial charge in [-0.15, -0.1) is 0 Å². The van der Waals surface area contributed by atoms with Crippen molar-refractivity contribution in [3.05, 3.63) is 56.4 Å². The number of nitro benzene ring substituents is 1. The zero-order chi connectivity index (χ0) is 18.4. The van der Waals surface area contributed by atoms with Gasteiger partial charge < -0.3 is 14.8 Å². The van der Waals surface area contributed by atoms with Crippen molar-refractivity contribution in [3.63, 3.8) is 0 Å². The third-order valence-electron chi connectivity index (χ3n) is 2.84. The van der Waals surface area contributed by atoms with Crippen molar-refractivity contribution in [2.75, 3.05) is 6.54 Å². The minimum Gasteiger partial charge on any atom is -0.506 e. The topological polar surface area (TPSA) is 147 Å². The molecule has 2 aromatic rings. The summed E-state index contributed by atoms with van der Waals surface area (Å²) in [5.74, 6) is -1.41. The number of benzene rings is 1. The average molecular weight is 411 g/mol. The second-order valence-electron chi connectivity index (χ2n) is 4.58. The number of non-ortho nitro benzene ring substituents is 1. The van der Waals surface area contributed by atoms with Crippen molar-refractivity contribution in [2.45, 2.75) is 0 Å². The van der Waals surface area contributed by atoms with E-state index >= 15 is 0 Å². The Bertz CT molecular complexity index is 834. The number of nitrogens with zero attached hydrogens (tertiary/aromatic N) is 2. The average Bonchev–Trinajstić information content (AvgIpc) is 3.10. The first kappa shape index (κ1) is 18.1. The van der Waals surface area contributed by atoms with Gasteiger partial charge in [-0.1, -0.05) is 0 Å². The van der Waals surface area contributed by atoms with Gasteiger partial charge in [0.1, 0.15) is 5.75 Å². The Balaban J connectivity index is 1.93. The van der Waals surface area contributed by atoms with Crippen molar-refractivity contribution in [2.24, 2.45) is 5.10 Å². The SMILES string of the molecule is O=C(CNC(=O)c1ccco1)N/N=C/c1cc([N+](=O)[O-])cc(Br)c1O.